The average molecular weight is 289 g/mol. The molecule has 0 unspecified atom stereocenters. The number of carbonyl (C=O) groups is 2. The minimum atomic E-state index is -0.931. The van der Waals surface area contributed by atoms with Gasteiger partial charge in [0.2, 0.25) is 5.91 Å². The number of hydrogen-bond acceptors (Lipinski definition) is 3. The molecule has 0 radical (unpaired) electrons. The zero-order valence-electron chi connectivity index (χ0n) is 11.7. The molecule has 2 aliphatic rings. The highest BCUT2D eigenvalue weighted by atomic mass is 16.5. The molecular weight excluding hydrogens is 270 g/mol. The van der Waals surface area contributed by atoms with Gasteiger partial charge < -0.3 is 15.2 Å². The zero-order chi connectivity index (χ0) is 14.8. The summed E-state index contributed by atoms with van der Waals surface area (Å²) < 4.78 is 5.69. The van der Waals surface area contributed by atoms with E-state index in [2.05, 4.69) is 5.32 Å². The van der Waals surface area contributed by atoms with Crippen LogP contribution in [0.4, 0.5) is 0 Å². The maximum atomic E-state index is 12.1. The number of hydrogen-bond donors (Lipinski definition) is 2. The van der Waals surface area contributed by atoms with Gasteiger partial charge in [-0.1, -0.05) is 12.1 Å². The molecule has 112 valence electrons. The molecule has 2 N–H and O–H groups in total. The van der Waals surface area contributed by atoms with Crippen molar-refractivity contribution in [2.24, 2.45) is 5.92 Å². The highest BCUT2D eigenvalue weighted by Crippen LogP contribution is 2.38. The third-order valence-corrected chi connectivity index (χ3v) is 4.33. The fourth-order valence-corrected chi connectivity index (χ4v) is 3.23. The maximum absolute atomic E-state index is 12.1. The third kappa shape index (κ3) is 3.08. The standard InChI is InChI=1S/C16H19NO4/c18-15(13-9-12-4-5-14(13)21-12)17-7-6-10-2-1-3-11(8-10)16(19)20/h1-3,8,12-14H,4-7,9H2,(H,17,18)(H,19,20)/t12-,13-,14-/m1/s1. The molecule has 0 aliphatic carbocycles. The van der Waals surface area contributed by atoms with Gasteiger partial charge in [-0.25, -0.2) is 4.79 Å². The lowest BCUT2D eigenvalue weighted by Crippen LogP contribution is -2.37. The van der Waals surface area contributed by atoms with Crippen LogP contribution in [0.3, 0.4) is 0 Å². The van der Waals surface area contributed by atoms with E-state index in [1.54, 1.807) is 18.2 Å². The zero-order valence-corrected chi connectivity index (χ0v) is 11.7. The van der Waals surface area contributed by atoms with Gasteiger partial charge in [0, 0.05) is 6.54 Å². The quantitative estimate of drug-likeness (QED) is 0.863. The van der Waals surface area contributed by atoms with Crippen LogP contribution in [-0.2, 0) is 16.0 Å². The second-order valence-corrected chi connectivity index (χ2v) is 5.76. The Labute approximate surface area is 123 Å². The highest BCUT2D eigenvalue weighted by molar-refractivity contribution is 5.87. The number of rotatable bonds is 5. The third-order valence-electron chi connectivity index (χ3n) is 4.33. The van der Waals surface area contributed by atoms with Gasteiger partial charge in [0.15, 0.2) is 0 Å². The van der Waals surface area contributed by atoms with Crippen LogP contribution in [0, 0.1) is 5.92 Å². The van der Waals surface area contributed by atoms with Crippen LogP contribution in [0.25, 0.3) is 0 Å². The first-order valence-electron chi connectivity index (χ1n) is 7.39. The maximum Gasteiger partial charge on any atom is 0.335 e. The van der Waals surface area contributed by atoms with Gasteiger partial charge in [-0.2, -0.15) is 0 Å². The number of fused-ring (bicyclic) bond motifs is 2. The molecule has 0 spiro atoms. The number of nitrogens with one attached hydrogen (secondary N) is 1. The Morgan fingerprint density at radius 3 is 2.86 bits per heavy atom. The Bertz CT molecular complexity index is 557. The minimum Gasteiger partial charge on any atom is -0.478 e. The van der Waals surface area contributed by atoms with E-state index in [0.29, 0.717) is 13.0 Å². The van der Waals surface area contributed by atoms with Crippen molar-refractivity contribution in [2.75, 3.05) is 6.54 Å². The first kappa shape index (κ1) is 14.1. The SMILES string of the molecule is O=C(O)c1cccc(CCNC(=O)[C@@H]2C[C@H]3CC[C@H]2O3)c1. The molecule has 1 aromatic rings. The summed E-state index contributed by atoms with van der Waals surface area (Å²) in [5.74, 6) is -0.870. The van der Waals surface area contributed by atoms with Crippen LogP contribution in [0.1, 0.15) is 35.2 Å². The first-order valence-corrected chi connectivity index (χ1v) is 7.39. The molecule has 0 saturated carbocycles. The lowest BCUT2D eigenvalue weighted by molar-refractivity contribution is -0.126. The number of carboxylic acids is 1. The molecule has 2 saturated heterocycles. The molecule has 5 heteroatoms. The molecule has 3 atom stereocenters. The van der Waals surface area contributed by atoms with Gasteiger partial charge in [-0.3, -0.25) is 4.79 Å². The number of benzene rings is 1. The number of amides is 1. The van der Waals surface area contributed by atoms with Crippen LogP contribution in [-0.4, -0.2) is 35.7 Å². The van der Waals surface area contributed by atoms with Crippen LogP contribution >= 0.6 is 0 Å². The number of aromatic carboxylic acids is 1. The fraction of sp³-hybridized carbons (Fsp3) is 0.500. The van der Waals surface area contributed by atoms with Crippen molar-refractivity contribution in [3.8, 4) is 0 Å². The molecule has 3 rings (SSSR count). The summed E-state index contributed by atoms with van der Waals surface area (Å²) in [5.41, 5.74) is 1.19. The van der Waals surface area contributed by atoms with Crippen molar-refractivity contribution in [1.82, 2.24) is 5.32 Å². The van der Waals surface area contributed by atoms with Crippen LogP contribution in [0.2, 0.25) is 0 Å². The molecule has 2 heterocycles. The van der Waals surface area contributed by atoms with E-state index in [1.807, 2.05) is 6.07 Å². The number of carbonyl (C=O) groups excluding carboxylic acids is 1. The molecule has 2 bridgehead atoms. The van der Waals surface area contributed by atoms with E-state index >= 15 is 0 Å². The van der Waals surface area contributed by atoms with Gasteiger partial charge in [-0.15, -0.1) is 0 Å². The summed E-state index contributed by atoms with van der Waals surface area (Å²) in [4.78, 5) is 23.0. The molecule has 21 heavy (non-hydrogen) atoms. The average Bonchev–Trinajstić information content (AvgIpc) is 3.10. The molecule has 2 fully saturated rings. The van der Waals surface area contributed by atoms with Crippen LogP contribution < -0.4 is 5.32 Å². The lowest BCUT2D eigenvalue weighted by atomic mass is 9.88. The van der Waals surface area contributed by atoms with E-state index in [9.17, 15) is 9.59 Å². The number of ether oxygens (including phenoxy) is 1. The normalized spacial score (nSPS) is 26.8. The van der Waals surface area contributed by atoms with Crippen molar-refractivity contribution in [2.45, 2.75) is 37.9 Å². The largest absolute Gasteiger partial charge is 0.478 e. The van der Waals surface area contributed by atoms with Crippen molar-refractivity contribution < 1.29 is 19.4 Å². The molecule has 1 aromatic carbocycles. The Kier molecular flexibility index (Phi) is 3.92. The molecular formula is C16H19NO4. The summed E-state index contributed by atoms with van der Waals surface area (Å²) in [6.07, 6.45) is 3.92. The van der Waals surface area contributed by atoms with Gasteiger partial charge in [0.1, 0.15) is 0 Å². The predicted molar refractivity (Wildman–Crippen MR) is 76.1 cm³/mol. The minimum absolute atomic E-state index is 0.00546. The van der Waals surface area contributed by atoms with Gasteiger partial charge >= 0.3 is 5.97 Å². The summed E-state index contributed by atoms with van der Waals surface area (Å²) in [6.45, 7) is 0.524. The second kappa shape index (κ2) is 5.85. The van der Waals surface area contributed by atoms with Gasteiger partial charge in [0.25, 0.3) is 0 Å². The Morgan fingerprint density at radius 1 is 1.33 bits per heavy atom. The molecule has 0 aromatic heterocycles. The summed E-state index contributed by atoms with van der Waals surface area (Å²) in [7, 11) is 0. The Morgan fingerprint density at radius 2 is 2.19 bits per heavy atom. The van der Waals surface area contributed by atoms with E-state index < -0.39 is 5.97 Å². The van der Waals surface area contributed by atoms with Crippen molar-refractivity contribution >= 4 is 11.9 Å². The van der Waals surface area contributed by atoms with Crippen molar-refractivity contribution in [1.29, 1.82) is 0 Å². The predicted octanol–water partition coefficient (Wildman–Crippen LogP) is 1.61. The smallest absolute Gasteiger partial charge is 0.335 e. The summed E-state index contributed by atoms with van der Waals surface area (Å²) in [5, 5.41) is 11.9. The van der Waals surface area contributed by atoms with Crippen molar-refractivity contribution in [3.05, 3.63) is 35.4 Å². The van der Waals surface area contributed by atoms with Crippen LogP contribution in [0.5, 0.6) is 0 Å². The van der Waals surface area contributed by atoms with E-state index in [1.165, 1.54) is 0 Å². The monoisotopic (exact) mass is 289 g/mol. The Hall–Kier alpha value is -1.88. The van der Waals surface area contributed by atoms with E-state index in [-0.39, 0.29) is 29.6 Å². The van der Waals surface area contributed by atoms with Crippen LogP contribution in [0.15, 0.2) is 24.3 Å². The summed E-state index contributed by atoms with van der Waals surface area (Å²) in [6, 6.07) is 6.82. The van der Waals surface area contributed by atoms with Gasteiger partial charge in [0.05, 0.1) is 23.7 Å². The highest BCUT2D eigenvalue weighted by Gasteiger charge is 2.44. The van der Waals surface area contributed by atoms with E-state index in [0.717, 1.165) is 24.8 Å². The topological polar surface area (TPSA) is 75.6 Å². The molecule has 5 nitrogen and oxygen atoms in total. The second-order valence-electron chi connectivity index (χ2n) is 5.76. The summed E-state index contributed by atoms with van der Waals surface area (Å²) >= 11 is 0. The van der Waals surface area contributed by atoms with Gasteiger partial charge in [-0.05, 0) is 43.4 Å². The lowest BCUT2D eigenvalue weighted by Gasteiger charge is -2.17. The first-order chi connectivity index (χ1) is 10.1. The molecule has 2 aliphatic heterocycles. The van der Waals surface area contributed by atoms with Crippen molar-refractivity contribution in [3.63, 3.8) is 0 Å². The van der Waals surface area contributed by atoms with E-state index in [4.69, 9.17) is 9.84 Å². The molecule has 1 amide bonds. The number of carboxylic acid groups (broad SMARTS) is 1. The fourth-order valence-electron chi connectivity index (χ4n) is 3.23. The Balaban J connectivity index is 1.49.